The molecule has 2 heterocycles. The Morgan fingerprint density at radius 2 is 1.74 bits per heavy atom. The van der Waals surface area contributed by atoms with Gasteiger partial charge in [-0.1, -0.05) is 23.2 Å². The fourth-order valence-corrected chi connectivity index (χ4v) is 2.85. The number of pyridine rings is 1. The number of rotatable bonds is 4. The first-order chi connectivity index (χ1) is 13.1. The molecule has 5 nitrogen and oxygen atoms in total. The molecule has 0 amide bonds. The third-order valence-electron chi connectivity index (χ3n) is 3.89. The summed E-state index contributed by atoms with van der Waals surface area (Å²) in [5, 5.41) is 1.57. The van der Waals surface area contributed by atoms with Crippen molar-refractivity contribution in [2.75, 3.05) is 7.11 Å². The maximum atomic E-state index is 6.10. The molecule has 2 aromatic heterocycles. The molecule has 0 aliphatic carbocycles. The molecule has 0 aliphatic heterocycles. The van der Waals surface area contributed by atoms with Crippen molar-refractivity contribution in [1.82, 2.24) is 15.0 Å². The Balaban J connectivity index is 1.88. The highest BCUT2D eigenvalue weighted by Crippen LogP contribution is 2.34. The highest BCUT2D eigenvalue weighted by Gasteiger charge is 2.13. The number of fused-ring (bicyclic) bond motifs is 1. The van der Waals surface area contributed by atoms with Crippen LogP contribution in [0.5, 0.6) is 17.4 Å². The largest absolute Gasteiger partial charge is 0.497 e. The zero-order chi connectivity index (χ0) is 18.8. The van der Waals surface area contributed by atoms with Crippen LogP contribution in [0.4, 0.5) is 0 Å². The highest BCUT2D eigenvalue weighted by atomic mass is 35.5. The lowest BCUT2D eigenvalue weighted by Gasteiger charge is -2.11. The van der Waals surface area contributed by atoms with Crippen LogP contribution in [0.2, 0.25) is 10.0 Å². The van der Waals surface area contributed by atoms with Gasteiger partial charge in [-0.3, -0.25) is 4.98 Å². The average Bonchev–Trinajstić information content (AvgIpc) is 2.71. The molecule has 4 aromatic rings. The van der Waals surface area contributed by atoms with E-state index in [9.17, 15) is 0 Å². The quantitative estimate of drug-likeness (QED) is 0.435. The number of hydrogen-bond acceptors (Lipinski definition) is 5. The van der Waals surface area contributed by atoms with Crippen LogP contribution in [0.25, 0.3) is 22.3 Å². The van der Waals surface area contributed by atoms with Crippen molar-refractivity contribution in [2.24, 2.45) is 0 Å². The second-order valence-corrected chi connectivity index (χ2v) is 6.47. The van der Waals surface area contributed by atoms with E-state index in [1.807, 2.05) is 30.3 Å². The average molecular weight is 398 g/mol. The summed E-state index contributed by atoms with van der Waals surface area (Å²) >= 11 is 12.1. The fourth-order valence-electron chi connectivity index (χ4n) is 2.56. The van der Waals surface area contributed by atoms with Crippen LogP contribution < -0.4 is 9.47 Å². The molecule has 0 spiro atoms. The van der Waals surface area contributed by atoms with E-state index >= 15 is 0 Å². The van der Waals surface area contributed by atoms with Crippen molar-refractivity contribution in [1.29, 1.82) is 0 Å². The molecule has 0 saturated heterocycles. The zero-order valence-corrected chi connectivity index (χ0v) is 15.7. The summed E-state index contributed by atoms with van der Waals surface area (Å²) in [4.78, 5) is 13.3. The first kappa shape index (κ1) is 17.5. The summed E-state index contributed by atoms with van der Waals surface area (Å²) in [6, 6.07) is 14.3. The van der Waals surface area contributed by atoms with Crippen molar-refractivity contribution in [3.63, 3.8) is 0 Å². The van der Waals surface area contributed by atoms with Gasteiger partial charge in [0.1, 0.15) is 11.5 Å². The van der Waals surface area contributed by atoms with E-state index in [0.717, 1.165) is 11.1 Å². The smallest absolute Gasteiger partial charge is 0.230 e. The standard InChI is InChI=1S/C20H13Cl2N3O2/c1-26-13-5-7-18-15(9-13)20(27-14-4-6-16(21)17(22)10-14)25-19(24-18)12-3-2-8-23-11-12/h2-11H,1H3. The molecule has 7 heteroatoms. The molecule has 27 heavy (non-hydrogen) atoms. The van der Waals surface area contributed by atoms with Crippen molar-refractivity contribution < 1.29 is 9.47 Å². The van der Waals surface area contributed by atoms with Crippen LogP contribution in [-0.2, 0) is 0 Å². The minimum atomic E-state index is 0.385. The Hall–Kier alpha value is -2.89. The lowest BCUT2D eigenvalue weighted by atomic mass is 10.2. The maximum Gasteiger partial charge on any atom is 0.230 e. The maximum absolute atomic E-state index is 6.10. The molecule has 0 radical (unpaired) electrons. The first-order valence-corrected chi connectivity index (χ1v) is 8.79. The summed E-state index contributed by atoms with van der Waals surface area (Å²) in [5.74, 6) is 2.09. The Bertz CT molecular complexity index is 1120. The normalized spacial score (nSPS) is 10.8. The summed E-state index contributed by atoms with van der Waals surface area (Å²) in [5.41, 5.74) is 1.51. The van der Waals surface area contributed by atoms with E-state index in [0.29, 0.717) is 38.6 Å². The second-order valence-electron chi connectivity index (χ2n) is 5.66. The Morgan fingerprint density at radius 3 is 2.48 bits per heavy atom. The molecule has 0 fully saturated rings. The van der Waals surface area contributed by atoms with Crippen molar-refractivity contribution in [2.45, 2.75) is 0 Å². The van der Waals surface area contributed by atoms with Crippen LogP contribution in [0.15, 0.2) is 60.9 Å². The summed E-state index contributed by atoms with van der Waals surface area (Å²) in [6.45, 7) is 0. The highest BCUT2D eigenvalue weighted by molar-refractivity contribution is 6.42. The van der Waals surface area contributed by atoms with E-state index < -0.39 is 0 Å². The summed E-state index contributed by atoms with van der Waals surface area (Å²) < 4.78 is 11.3. The third-order valence-corrected chi connectivity index (χ3v) is 4.63. The van der Waals surface area contributed by atoms with Crippen LogP contribution in [0.3, 0.4) is 0 Å². The summed E-state index contributed by atoms with van der Waals surface area (Å²) in [6.07, 6.45) is 3.40. The van der Waals surface area contributed by atoms with Gasteiger partial charge in [-0.25, -0.2) is 4.98 Å². The Labute approximate surface area is 165 Å². The van der Waals surface area contributed by atoms with Gasteiger partial charge in [0.25, 0.3) is 0 Å². The predicted octanol–water partition coefficient (Wildman–Crippen LogP) is 5.80. The molecule has 134 valence electrons. The van der Waals surface area contributed by atoms with Gasteiger partial charge in [-0.2, -0.15) is 4.98 Å². The van der Waals surface area contributed by atoms with Gasteiger partial charge >= 0.3 is 0 Å². The van der Waals surface area contributed by atoms with E-state index in [4.69, 9.17) is 32.7 Å². The molecule has 0 saturated carbocycles. The molecule has 0 bridgehead atoms. The van der Waals surface area contributed by atoms with E-state index in [1.54, 1.807) is 37.7 Å². The lowest BCUT2D eigenvalue weighted by Crippen LogP contribution is -1.97. The molecular formula is C20H13Cl2N3O2. The van der Waals surface area contributed by atoms with Gasteiger partial charge < -0.3 is 9.47 Å². The fraction of sp³-hybridized carbons (Fsp3) is 0.0500. The molecule has 0 unspecified atom stereocenters. The van der Waals surface area contributed by atoms with E-state index in [2.05, 4.69) is 15.0 Å². The number of hydrogen-bond donors (Lipinski definition) is 0. The number of methoxy groups -OCH3 is 1. The van der Waals surface area contributed by atoms with Gasteiger partial charge in [0, 0.05) is 24.0 Å². The van der Waals surface area contributed by atoms with Gasteiger partial charge in [0.15, 0.2) is 5.82 Å². The van der Waals surface area contributed by atoms with Crippen molar-refractivity contribution in [3.8, 4) is 28.8 Å². The number of benzene rings is 2. The lowest BCUT2D eigenvalue weighted by molar-refractivity contribution is 0.415. The first-order valence-electron chi connectivity index (χ1n) is 8.03. The minimum Gasteiger partial charge on any atom is -0.497 e. The zero-order valence-electron chi connectivity index (χ0n) is 14.2. The van der Waals surface area contributed by atoms with E-state index in [1.165, 1.54) is 0 Å². The number of aromatic nitrogens is 3. The second kappa shape index (κ2) is 7.39. The number of halogens is 2. The van der Waals surface area contributed by atoms with Gasteiger partial charge in [-0.15, -0.1) is 0 Å². The third kappa shape index (κ3) is 3.65. The number of nitrogens with zero attached hydrogens (tertiary/aromatic N) is 3. The van der Waals surface area contributed by atoms with Crippen LogP contribution in [-0.4, -0.2) is 22.1 Å². The molecule has 0 N–H and O–H groups in total. The predicted molar refractivity (Wildman–Crippen MR) is 106 cm³/mol. The SMILES string of the molecule is COc1ccc2nc(-c3cccnc3)nc(Oc3ccc(Cl)c(Cl)c3)c2c1. The van der Waals surface area contributed by atoms with Crippen molar-refractivity contribution >= 4 is 34.1 Å². The van der Waals surface area contributed by atoms with Crippen molar-refractivity contribution in [3.05, 3.63) is 71.0 Å². The molecule has 2 aromatic carbocycles. The summed E-state index contributed by atoms with van der Waals surface area (Å²) in [7, 11) is 1.60. The topological polar surface area (TPSA) is 57.1 Å². The van der Waals surface area contributed by atoms with Crippen LogP contribution >= 0.6 is 23.2 Å². The van der Waals surface area contributed by atoms with E-state index in [-0.39, 0.29) is 0 Å². The molecule has 0 aliphatic rings. The molecule has 0 atom stereocenters. The Kier molecular flexibility index (Phi) is 4.79. The van der Waals surface area contributed by atoms with Gasteiger partial charge in [0.2, 0.25) is 5.88 Å². The molecule has 4 rings (SSSR count). The molecular weight excluding hydrogens is 385 g/mol. The van der Waals surface area contributed by atoms with Crippen LogP contribution in [0.1, 0.15) is 0 Å². The monoisotopic (exact) mass is 397 g/mol. The Morgan fingerprint density at radius 1 is 0.889 bits per heavy atom. The number of ether oxygens (including phenoxy) is 2. The van der Waals surface area contributed by atoms with Crippen LogP contribution in [0, 0.1) is 0 Å². The van der Waals surface area contributed by atoms with Gasteiger partial charge in [0.05, 0.1) is 28.1 Å². The minimum absolute atomic E-state index is 0.385. The van der Waals surface area contributed by atoms with Gasteiger partial charge in [-0.05, 0) is 42.5 Å².